The van der Waals surface area contributed by atoms with Crippen LogP contribution < -0.4 is 4.90 Å². The molecule has 0 fully saturated rings. The highest BCUT2D eigenvalue weighted by Gasteiger charge is 2.17. The van der Waals surface area contributed by atoms with Gasteiger partial charge in [0, 0.05) is 13.1 Å². The molecule has 1 aromatic rings. The minimum absolute atomic E-state index is 0.331. The highest BCUT2D eigenvalue weighted by atomic mass is 32.2. The number of thioether (sulfide) groups is 1. The van der Waals surface area contributed by atoms with Gasteiger partial charge in [-0.3, -0.25) is 0 Å². The number of hydrogen-bond acceptors (Lipinski definition) is 3. The Morgan fingerprint density at radius 2 is 2.17 bits per heavy atom. The highest BCUT2D eigenvalue weighted by molar-refractivity contribution is 7.98. The molecule has 100 valence electrons. The number of benzene rings is 1. The summed E-state index contributed by atoms with van der Waals surface area (Å²) >= 11 is 1.81. The molecular weight excluding hydrogens is 246 g/mol. The Balaban J connectivity index is 2.99. The minimum Gasteiger partial charge on any atom is -0.478 e. The summed E-state index contributed by atoms with van der Waals surface area (Å²) in [6, 6.07) is 5.80. The average Bonchev–Trinajstić information content (AvgIpc) is 2.34. The third-order valence-corrected chi connectivity index (χ3v) is 3.81. The monoisotopic (exact) mass is 267 g/mol. The van der Waals surface area contributed by atoms with Crippen molar-refractivity contribution in [1.29, 1.82) is 0 Å². The number of rotatable bonds is 6. The third kappa shape index (κ3) is 3.67. The number of carboxylic acids is 1. The van der Waals surface area contributed by atoms with Gasteiger partial charge in [0.15, 0.2) is 0 Å². The number of aromatic carboxylic acids is 1. The summed E-state index contributed by atoms with van der Waals surface area (Å²) < 4.78 is 0. The fraction of sp³-hybridized carbons (Fsp3) is 0.500. The summed E-state index contributed by atoms with van der Waals surface area (Å²) in [6.07, 6.45) is 3.13. The summed E-state index contributed by atoms with van der Waals surface area (Å²) in [6.45, 7) is 4.11. The Bertz CT molecular complexity index is 420. The van der Waals surface area contributed by atoms with E-state index >= 15 is 0 Å². The molecule has 0 amide bonds. The van der Waals surface area contributed by atoms with E-state index in [1.807, 2.05) is 37.9 Å². The number of nitrogens with zero attached hydrogens (tertiary/aromatic N) is 1. The van der Waals surface area contributed by atoms with Crippen LogP contribution in [0.25, 0.3) is 0 Å². The SMILES string of the molecule is CSCCC(C)N(C)c1cc(C)ccc1C(=O)O. The van der Waals surface area contributed by atoms with Gasteiger partial charge in [-0.1, -0.05) is 6.07 Å². The van der Waals surface area contributed by atoms with Crippen LogP contribution in [0.3, 0.4) is 0 Å². The van der Waals surface area contributed by atoms with Gasteiger partial charge in [-0.2, -0.15) is 11.8 Å². The van der Waals surface area contributed by atoms with Crippen molar-refractivity contribution in [2.24, 2.45) is 0 Å². The summed E-state index contributed by atoms with van der Waals surface area (Å²) in [5, 5.41) is 9.23. The van der Waals surface area contributed by atoms with Crippen LogP contribution in [0.2, 0.25) is 0 Å². The molecular formula is C14H21NO2S. The lowest BCUT2D eigenvalue weighted by Gasteiger charge is -2.28. The smallest absolute Gasteiger partial charge is 0.337 e. The van der Waals surface area contributed by atoms with Gasteiger partial charge in [0.25, 0.3) is 0 Å². The van der Waals surface area contributed by atoms with E-state index in [-0.39, 0.29) is 0 Å². The van der Waals surface area contributed by atoms with Gasteiger partial charge in [0.05, 0.1) is 11.3 Å². The summed E-state index contributed by atoms with van der Waals surface area (Å²) in [4.78, 5) is 13.3. The Morgan fingerprint density at radius 1 is 1.50 bits per heavy atom. The molecule has 1 unspecified atom stereocenters. The van der Waals surface area contributed by atoms with Crippen LogP contribution in [0.5, 0.6) is 0 Å². The number of aryl methyl sites for hydroxylation is 1. The molecule has 3 nitrogen and oxygen atoms in total. The van der Waals surface area contributed by atoms with Crippen LogP contribution in [0.15, 0.2) is 18.2 Å². The molecule has 1 rings (SSSR count). The van der Waals surface area contributed by atoms with Gasteiger partial charge in [-0.15, -0.1) is 0 Å². The standard InChI is InChI=1S/C14H21NO2S/c1-10-5-6-12(14(16)17)13(9-10)15(3)11(2)7-8-18-4/h5-6,9,11H,7-8H2,1-4H3,(H,16,17). The maximum atomic E-state index is 11.2. The predicted molar refractivity (Wildman–Crippen MR) is 79.0 cm³/mol. The Hall–Kier alpha value is -1.16. The fourth-order valence-electron chi connectivity index (χ4n) is 1.83. The molecule has 0 aromatic heterocycles. The van der Waals surface area contributed by atoms with Crippen molar-refractivity contribution in [2.45, 2.75) is 26.3 Å². The van der Waals surface area contributed by atoms with Crippen LogP contribution in [-0.4, -0.2) is 36.2 Å². The Labute approximate surface area is 113 Å². The topological polar surface area (TPSA) is 40.5 Å². The lowest BCUT2D eigenvalue weighted by atomic mass is 10.1. The van der Waals surface area contributed by atoms with Gasteiger partial charge in [0.2, 0.25) is 0 Å². The average molecular weight is 267 g/mol. The quantitative estimate of drug-likeness (QED) is 0.859. The van der Waals surface area contributed by atoms with Crippen LogP contribution >= 0.6 is 11.8 Å². The first-order valence-corrected chi connectivity index (χ1v) is 7.42. The maximum Gasteiger partial charge on any atom is 0.337 e. The molecule has 1 N–H and O–H groups in total. The molecule has 0 aliphatic heterocycles. The molecule has 0 saturated carbocycles. The van der Waals surface area contributed by atoms with Crippen molar-refractivity contribution in [2.75, 3.05) is 24.0 Å². The van der Waals surface area contributed by atoms with E-state index in [1.54, 1.807) is 6.07 Å². The first kappa shape index (κ1) is 14.9. The summed E-state index contributed by atoms with van der Waals surface area (Å²) in [5.41, 5.74) is 2.26. The largest absolute Gasteiger partial charge is 0.478 e. The second kappa shape index (κ2) is 6.69. The van der Waals surface area contributed by atoms with Crippen molar-refractivity contribution in [3.63, 3.8) is 0 Å². The molecule has 1 aromatic carbocycles. The van der Waals surface area contributed by atoms with Crippen molar-refractivity contribution >= 4 is 23.4 Å². The number of carboxylic acid groups (broad SMARTS) is 1. The third-order valence-electron chi connectivity index (χ3n) is 3.16. The second-order valence-corrected chi connectivity index (χ2v) is 5.55. The van der Waals surface area contributed by atoms with Crippen molar-refractivity contribution in [3.05, 3.63) is 29.3 Å². The Kier molecular flexibility index (Phi) is 5.54. The first-order chi connectivity index (χ1) is 8.47. The van der Waals surface area contributed by atoms with Crippen molar-refractivity contribution < 1.29 is 9.90 Å². The van der Waals surface area contributed by atoms with Crippen LogP contribution in [0, 0.1) is 6.92 Å². The van der Waals surface area contributed by atoms with E-state index in [2.05, 4.69) is 18.1 Å². The van der Waals surface area contributed by atoms with Crippen LogP contribution in [0.4, 0.5) is 5.69 Å². The maximum absolute atomic E-state index is 11.2. The first-order valence-electron chi connectivity index (χ1n) is 6.03. The summed E-state index contributed by atoms with van der Waals surface area (Å²) in [5.74, 6) is 0.216. The zero-order chi connectivity index (χ0) is 13.7. The van der Waals surface area contributed by atoms with E-state index in [9.17, 15) is 9.90 Å². The number of hydrogen-bond donors (Lipinski definition) is 1. The van der Waals surface area contributed by atoms with E-state index < -0.39 is 5.97 Å². The van der Waals surface area contributed by atoms with E-state index in [0.29, 0.717) is 11.6 Å². The zero-order valence-electron chi connectivity index (χ0n) is 11.4. The molecule has 0 heterocycles. The van der Waals surface area contributed by atoms with E-state index in [4.69, 9.17) is 0 Å². The molecule has 0 aliphatic rings. The van der Waals surface area contributed by atoms with Gasteiger partial charge >= 0.3 is 5.97 Å². The van der Waals surface area contributed by atoms with Gasteiger partial charge in [-0.25, -0.2) is 4.79 Å². The minimum atomic E-state index is -0.867. The molecule has 0 saturated heterocycles. The van der Waals surface area contributed by atoms with E-state index in [1.165, 1.54) is 0 Å². The second-order valence-electron chi connectivity index (χ2n) is 4.57. The lowest BCUT2D eigenvalue weighted by Crippen LogP contribution is -2.30. The van der Waals surface area contributed by atoms with Crippen molar-refractivity contribution in [3.8, 4) is 0 Å². The van der Waals surface area contributed by atoms with Gasteiger partial charge < -0.3 is 10.0 Å². The molecule has 0 spiro atoms. The molecule has 0 aliphatic carbocycles. The summed E-state index contributed by atoms with van der Waals surface area (Å²) in [7, 11) is 1.96. The van der Waals surface area contributed by atoms with Crippen molar-refractivity contribution in [1.82, 2.24) is 0 Å². The molecule has 1 atom stereocenters. The lowest BCUT2D eigenvalue weighted by molar-refractivity contribution is 0.0697. The predicted octanol–water partition coefficient (Wildman–Crippen LogP) is 3.27. The molecule has 0 bridgehead atoms. The number of anilines is 1. The highest BCUT2D eigenvalue weighted by Crippen LogP contribution is 2.24. The van der Waals surface area contributed by atoms with Gasteiger partial charge in [0.1, 0.15) is 0 Å². The van der Waals surface area contributed by atoms with Gasteiger partial charge in [-0.05, 0) is 50.0 Å². The fourth-order valence-corrected chi connectivity index (χ4v) is 2.41. The van der Waals surface area contributed by atoms with Crippen LogP contribution in [0.1, 0.15) is 29.3 Å². The van der Waals surface area contributed by atoms with E-state index in [0.717, 1.165) is 23.4 Å². The molecule has 18 heavy (non-hydrogen) atoms. The normalized spacial score (nSPS) is 12.2. The Morgan fingerprint density at radius 3 is 2.72 bits per heavy atom. The molecule has 4 heteroatoms. The number of carbonyl (C=O) groups is 1. The van der Waals surface area contributed by atoms with Crippen LogP contribution in [-0.2, 0) is 0 Å². The zero-order valence-corrected chi connectivity index (χ0v) is 12.3. The molecule has 0 radical (unpaired) electrons.